The maximum atomic E-state index is 9.13. The molecule has 23 heavy (non-hydrogen) atoms. The molecule has 0 amide bonds. The van der Waals surface area contributed by atoms with Crippen molar-refractivity contribution < 1.29 is 4.74 Å². The Balaban J connectivity index is 2.03. The number of hydrogen-bond donors (Lipinski definition) is 0. The number of ether oxygens (including phenoxy) is 1. The third-order valence-electron chi connectivity index (χ3n) is 4.54. The Morgan fingerprint density at radius 1 is 1.26 bits per heavy atom. The van der Waals surface area contributed by atoms with Crippen molar-refractivity contribution in [2.75, 3.05) is 18.6 Å². The van der Waals surface area contributed by atoms with Gasteiger partial charge in [0.25, 0.3) is 0 Å². The second-order valence-electron chi connectivity index (χ2n) is 5.78. The summed E-state index contributed by atoms with van der Waals surface area (Å²) in [6.45, 7) is 2.96. The number of hydrogen-bond acceptors (Lipinski definition) is 3. The molecule has 0 aromatic heterocycles. The Morgan fingerprint density at radius 2 is 2.04 bits per heavy atom. The van der Waals surface area contributed by atoms with E-state index in [-0.39, 0.29) is 6.04 Å². The van der Waals surface area contributed by atoms with Crippen LogP contribution in [0.15, 0.2) is 36.4 Å². The smallest absolute Gasteiger partial charge is 0.124 e. The maximum absolute atomic E-state index is 9.13. The molecule has 0 saturated carbocycles. The van der Waals surface area contributed by atoms with E-state index in [1.807, 2.05) is 37.3 Å². The molecule has 0 spiro atoms. The van der Waals surface area contributed by atoms with Gasteiger partial charge in [-0.05, 0) is 43.5 Å². The number of nitrogens with zero attached hydrogens (tertiary/aromatic N) is 2. The minimum atomic E-state index is 0.272. The second kappa shape index (κ2) is 6.52. The summed E-state index contributed by atoms with van der Waals surface area (Å²) in [6.07, 6.45) is 2.21. The monoisotopic (exact) mass is 326 g/mol. The number of halogens is 1. The van der Waals surface area contributed by atoms with Crippen LogP contribution >= 0.6 is 11.6 Å². The van der Waals surface area contributed by atoms with E-state index in [4.69, 9.17) is 21.6 Å². The second-order valence-corrected chi connectivity index (χ2v) is 6.15. The van der Waals surface area contributed by atoms with Crippen molar-refractivity contribution in [2.24, 2.45) is 0 Å². The molecule has 0 radical (unpaired) electrons. The zero-order valence-electron chi connectivity index (χ0n) is 13.3. The van der Waals surface area contributed by atoms with Crippen molar-refractivity contribution in [1.82, 2.24) is 0 Å². The zero-order chi connectivity index (χ0) is 16.4. The van der Waals surface area contributed by atoms with Gasteiger partial charge in [-0.15, -0.1) is 0 Å². The average molecular weight is 327 g/mol. The molecule has 4 heteroatoms. The van der Waals surface area contributed by atoms with E-state index in [1.54, 1.807) is 7.11 Å². The van der Waals surface area contributed by atoms with E-state index < -0.39 is 0 Å². The fraction of sp³-hybridized carbons (Fsp3) is 0.316. The number of para-hydroxylation sites is 1. The zero-order valence-corrected chi connectivity index (χ0v) is 14.1. The lowest BCUT2D eigenvalue weighted by Crippen LogP contribution is -2.23. The predicted octanol–water partition coefficient (Wildman–Crippen LogP) is 4.87. The van der Waals surface area contributed by atoms with Gasteiger partial charge in [-0.2, -0.15) is 5.26 Å². The van der Waals surface area contributed by atoms with Crippen LogP contribution in [-0.4, -0.2) is 13.7 Å². The van der Waals surface area contributed by atoms with Crippen LogP contribution in [0.5, 0.6) is 5.75 Å². The largest absolute Gasteiger partial charge is 0.496 e. The Morgan fingerprint density at radius 3 is 2.78 bits per heavy atom. The van der Waals surface area contributed by atoms with Gasteiger partial charge in [-0.1, -0.05) is 29.8 Å². The van der Waals surface area contributed by atoms with Crippen molar-refractivity contribution in [2.45, 2.75) is 25.8 Å². The number of rotatable bonds is 3. The Kier molecular flexibility index (Phi) is 4.45. The van der Waals surface area contributed by atoms with E-state index in [9.17, 15) is 0 Å². The SMILES string of the molecule is COc1ccccc1C1CCCN1c1ccc(C#N)c(Cl)c1C. The van der Waals surface area contributed by atoms with Crippen molar-refractivity contribution in [1.29, 1.82) is 5.26 Å². The van der Waals surface area contributed by atoms with E-state index >= 15 is 0 Å². The molecule has 1 atom stereocenters. The molecule has 1 fully saturated rings. The van der Waals surface area contributed by atoms with Gasteiger partial charge in [0.05, 0.1) is 23.7 Å². The molecular formula is C19H19ClN2O. The Hall–Kier alpha value is -2.18. The first-order chi connectivity index (χ1) is 11.2. The van der Waals surface area contributed by atoms with Crippen LogP contribution in [0, 0.1) is 18.3 Å². The summed E-state index contributed by atoms with van der Waals surface area (Å²) in [5.41, 5.74) is 3.79. The van der Waals surface area contributed by atoms with Gasteiger partial charge in [0.2, 0.25) is 0 Å². The van der Waals surface area contributed by atoms with E-state index in [0.29, 0.717) is 10.6 Å². The van der Waals surface area contributed by atoms with E-state index in [1.165, 1.54) is 5.56 Å². The first kappa shape index (κ1) is 15.7. The summed E-state index contributed by atoms with van der Waals surface area (Å²) in [4.78, 5) is 2.38. The third kappa shape index (κ3) is 2.75. The summed E-state index contributed by atoms with van der Waals surface area (Å²) in [5.74, 6) is 0.918. The molecule has 0 aliphatic carbocycles. The van der Waals surface area contributed by atoms with Gasteiger partial charge in [-0.25, -0.2) is 0 Å². The van der Waals surface area contributed by atoms with Crippen molar-refractivity contribution in [3.05, 3.63) is 58.1 Å². The fourth-order valence-electron chi connectivity index (χ4n) is 3.39. The lowest BCUT2D eigenvalue weighted by atomic mass is 10.0. The van der Waals surface area contributed by atoms with Crippen molar-refractivity contribution in [3.8, 4) is 11.8 Å². The highest BCUT2D eigenvalue weighted by Crippen LogP contribution is 2.42. The number of nitriles is 1. The van der Waals surface area contributed by atoms with Crippen molar-refractivity contribution >= 4 is 17.3 Å². The highest BCUT2D eigenvalue weighted by molar-refractivity contribution is 6.32. The lowest BCUT2D eigenvalue weighted by Gasteiger charge is -2.30. The maximum Gasteiger partial charge on any atom is 0.124 e. The first-order valence-electron chi connectivity index (χ1n) is 7.76. The lowest BCUT2D eigenvalue weighted by molar-refractivity contribution is 0.405. The van der Waals surface area contributed by atoms with Crippen LogP contribution in [0.2, 0.25) is 5.02 Å². The number of methoxy groups -OCH3 is 1. The summed E-state index contributed by atoms with van der Waals surface area (Å²) in [6, 6.07) is 14.4. The van der Waals surface area contributed by atoms with Crippen LogP contribution in [0.4, 0.5) is 5.69 Å². The minimum absolute atomic E-state index is 0.272. The summed E-state index contributed by atoms with van der Waals surface area (Å²) < 4.78 is 5.54. The molecule has 1 aliphatic heterocycles. The molecule has 0 N–H and O–H groups in total. The molecule has 0 bridgehead atoms. The first-order valence-corrected chi connectivity index (χ1v) is 8.14. The molecule has 3 nitrogen and oxygen atoms in total. The van der Waals surface area contributed by atoms with Crippen LogP contribution in [0.3, 0.4) is 0 Å². The molecule has 2 aromatic carbocycles. The van der Waals surface area contributed by atoms with Gasteiger partial charge in [0, 0.05) is 17.8 Å². The van der Waals surface area contributed by atoms with E-state index in [0.717, 1.165) is 36.4 Å². The molecule has 1 saturated heterocycles. The molecular weight excluding hydrogens is 308 g/mol. The Bertz CT molecular complexity index is 766. The van der Waals surface area contributed by atoms with Gasteiger partial charge < -0.3 is 9.64 Å². The summed E-state index contributed by atoms with van der Waals surface area (Å²) >= 11 is 6.36. The van der Waals surface area contributed by atoms with Crippen LogP contribution in [-0.2, 0) is 0 Å². The third-order valence-corrected chi connectivity index (χ3v) is 5.03. The van der Waals surface area contributed by atoms with Gasteiger partial charge >= 0.3 is 0 Å². The van der Waals surface area contributed by atoms with Crippen molar-refractivity contribution in [3.63, 3.8) is 0 Å². The van der Waals surface area contributed by atoms with Crippen LogP contribution in [0.1, 0.15) is 35.6 Å². The normalized spacial score (nSPS) is 17.1. The predicted molar refractivity (Wildman–Crippen MR) is 93.2 cm³/mol. The van der Waals surface area contributed by atoms with Gasteiger partial charge in [-0.3, -0.25) is 0 Å². The standard InChI is InChI=1S/C19H19ClN2O/c1-13-16(10-9-14(12-21)19(13)20)22-11-5-7-17(22)15-6-3-4-8-18(15)23-2/h3-4,6,8-10,17H,5,7,11H2,1-2H3. The molecule has 1 unspecified atom stereocenters. The quantitative estimate of drug-likeness (QED) is 0.807. The van der Waals surface area contributed by atoms with Gasteiger partial charge in [0.15, 0.2) is 0 Å². The molecule has 1 heterocycles. The molecule has 2 aromatic rings. The van der Waals surface area contributed by atoms with E-state index in [2.05, 4.69) is 17.0 Å². The van der Waals surface area contributed by atoms with Crippen LogP contribution in [0.25, 0.3) is 0 Å². The average Bonchev–Trinajstić information content (AvgIpc) is 3.06. The Labute approximate surface area is 142 Å². The molecule has 1 aliphatic rings. The van der Waals surface area contributed by atoms with Crippen LogP contribution < -0.4 is 9.64 Å². The highest BCUT2D eigenvalue weighted by atomic mass is 35.5. The van der Waals surface area contributed by atoms with Gasteiger partial charge in [0.1, 0.15) is 11.8 Å². The number of benzene rings is 2. The molecule has 3 rings (SSSR count). The topological polar surface area (TPSA) is 36.3 Å². The summed E-state index contributed by atoms with van der Waals surface area (Å²) in [7, 11) is 1.71. The number of anilines is 1. The fourth-order valence-corrected chi connectivity index (χ4v) is 3.59. The molecule has 118 valence electrons. The minimum Gasteiger partial charge on any atom is -0.496 e. The summed E-state index contributed by atoms with van der Waals surface area (Å²) in [5, 5.41) is 9.68. The highest BCUT2D eigenvalue weighted by Gasteiger charge is 2.29.